The van der Waals surface area contributed by atoms with E-state index in [9.17, 15) is 19.8 Å². The van der Waals surface area contributed by atoms with Crippen molar-refractivity contribution in [3.8, 4) is 0 Å². The number of esters is 1. The molecule has 1 amide bonds. The Balaban J connectivity index is 3.48. The Kier molecular flexibility index (Phi) is 48.1. The number of ether oxygens (including phenoxy) is 1. The highest BCUT2D eigenvalue weighted by molar-refractivity contribution is 5.76. The summed E-state index contributed by atoms with van der Waals surface area (Å²) in [5.74, 6) is -0.0840. The van der Waals surface area contributed by atoms with Crippen molar-refractivity contribution in [2.45, 2.75) is 302 Å². The van der Waals surface area contributed by atoms with E-state index in [0.29, 0.717) is 19.4 Å². The predicted octanol–water partition coefficient (Wildman–Crippen LogP) is 15.7. The zero-order chi connectivity index (χ0) is 43.0. The van der Waals surface area contributed by atoms with Crippen LogP contribution in [0.25, 0.3) is 0 Å². The van der Waals surface area contributed by atoms with Crippen LogP contribution >= 0.6 is 0 Å². The molecule has 0 aliphatic carbocycles. The average Bonchev–Trinajstić information content (AvgIpc) is 3.24. The van der Waals surface area contributed by atoms with Gasteiger partial charge in [-0.15, -0.1) is 0 Å². The summed E-state index contributed by atoms with van der Waals surface area (Å²) in [7, 11) is 0. The van der Waals surface area contributed by atoms with E-state index in [4.69, 9.17) is 4.74 Å². The highest BCUT2D eigenvalue weighted by Gasteiger charge is 2.18. The third kappa shape index (κ3) is 45.9. The van der Waals surface area contributed by atoms with Gasteiger partial charge in [0, 0.05) is 12.8 Å². The van der Waals surface area contributed by atoms with Crippen LogP contribution in [-0.4, -0.2) is 47.4 Å². The van der Waals surface area contributed by atoms with Crippen LogP contribution in [0.4, 0.5) is 0 Å². The van der Waals surface area contributed by atoms with Crippen LogP contribution in [0.3, 0.4) is 0 Å². The molecule has 0 aromatic heterocycles. The number of rotatable bonds is 49. The molecule has 0 spiro atoms. The molecule has 0 saturated carbocycles. The van der Waals surface area contributed by atoms with Crippen molar-refractivity contribution in [1.29, 1.82) is 0 Å². The third-order valence-corrected chi connectivity index (χ3v) is 12.3. The average molecular weight is 834 g/mol. The molecule has 59 heavy (non-hydrogen) atoms. The van der Waals surface area contributed by atoms with Crippen molar-refractivity contribution in [1.82, 2.24) is 5.32 Å². The number of unbranched alkanes of at least 4 members (excludes halogenated alkanes) is 38. The number of aliphatic hydroxyl groups is 2. The quantitative estimate of drug-likeness (QED) is 0.0322. The Labute approximate surface area is 368 Å². The normalized spacial score (nSPS) is 12.7. The summed E-state index contributed by atoms with van der Waals surface area (Å²) in [5.41, 5.74) is 0. The molecule has 2 atom stereocenters. The number of nitrogens with one attached hydrogen (secondary N) is 1. The first kappa shape index (κ1) is 57.6. The summed E-state index contributed by atoms with van der Waals surface area (Å²) in [4.78, 5) is 24.4. The number of carbonyl (C=O) groups is 2. The molecule has 0 aliphatic rings. The second-order valence-corrected chi connectivity index (χ2v) is 18.2. The highest BCUT2D eigenvalue weighted by atomic mass is 16.5. The Morgan fingerprint density at radius 3 is 1.15 bits per heavy atom. The number of carbonyl (C=O) groups excluding carboxylic acids is 2. The molecule has 0 aromatic carbocycles. The molecule has 0 bridgehead atoms. The third-order valence-electron chi connectivity index (χ3n) is 12.3. The van der Waals surface area contributed by atoms with E-state index in [-0.39, 0.29) is 18.5 Å². The van der Waals surface area contributed by atoms with Gasteiger partial charge in [0.05, 0.1) is 25.4 Å². The number of aliphatic hydroxyl groups excluding tert-OH is 2. The van der Waals surface area contributed by atoms with E-state index in [1.165, 1.54) is 205 Å². The Bertz CT molecular complexity index is 878. The molecule has 0 saturated heterocycles. The fraction of sp³-hybridized carbons (Fsp3) is 0.925. The lowest BCUT2D eigenvalue weighted by Gasteiger charge is -2.20. The molecule has 0 rings (SSSR count). The van der Waals surface area contributed by atoms with Crippen LogP contribution < -0.4 is 5.32 Å². The molecule has 3 N–H and O–H groups in total. The first-order valence-electron chi connectivity index (χ1n) is 26.5. The minimum absolute atomic E-state index is 0.00506. The molecular weight excluding hydrogens is 731 g/mol. The first-order valence-corrected chi connectivity index (χ1v) is 26.5. The maximum atomic E-state index is 12.4. The topological polar surface area (TPSA) is 95.9 Å². The van der Waals surface area contributed by atoms with E-state index in [0.717, 1.165) is 57.8 Å². The van der Waals surface area contributed by atoms with Gasteiger partial charge in [-0.05, 0) is 32.1 Å². The van der Waals surface area contributed by atoms with E-state index in [2.05, 4.69) is 19.2 Å². The molecule has 2 unspecified atom stereocenters. The van der Waals surface area contributed by atoms with E-state index < -0.39 is 12.1 Å². The van der Waals surface area contributed by atoms with Crippen LogP contribution in [0.5, 0.6) is 0 Å². The number of hydrogen-bond donors (Lipinski definition) is 3. The molecule has 0 heterocycles. The Hall–Kier alpha value is -1.40. The van der Waals surface area contributed by atoms with Gasteiger partial charge in [0.25, 0.3) is 0 Å². The molecule has 350 valence electrons. The maximum Gasteiger partial charge on any atom is 0.305 e. The molecule has 0 fully saturated rings. The zero-order valence-electron chi connectivity index (χ0n) is 39.7. The van der Waals surface area contributed by atoms with Gasteiger partial charge in [-0.3, -0.25) is 9.59 Å². The summed E-state index contributed by atoms with van der Waals surface area (Å²) >= 11 is 0. The van der Waals surface area contributed by atoms with Gasteiger partial charge in [-0.25, -0.2) is 0 Å². The van der Waals surface area contributed by atoms with Gasteiger partial charge in [0.2, 0.25) is 5.91 Å². The standard InChI is InChI=1S/C53H103NO5/c1-3-5-7-9-11-13-15-17-18-19-22-25-29-33-37-41-45-51(56)50(49-55)54-52(57)46-42-38-34-30-26-23-20-24-28-32-36-40-44-48-59-53(58)47-43-39-35-31-27-21-16-14-12-10-8-6-4-2/h41,45,50-51,55-56H,3-40,42-44,46-49H2,1-2H3,(H,54,57)/b45-41+. The zero-order valence-corrected chi connectivity index (χ0v) is 39.7. The predicted molar refractivity (Wildman–Crippen MR) is 255 cm³/mol. The fourth-order valence-corrected chi connectivity index (χ4v) is 8.22. The lowest BCUT2D eigenvalue weighted by molar-refractivity contribution is -0.143. The van der Waals surface area contributed by atoms with Crippen molar-refractivity contribution in [3.63, 3.8) is 0 Å². The lowest BCUT2D eigenvalue weighted by atomic mass is 10.0. The van der Waals surface area contributed by atoms with Crippen molar-refractivity contribution < 1.29 is 24.5 Å². The van der Waals surface area contributed by atoms with Gasteiger partial charge in [0.1, 0.15) is 0 Å². The molecule has 0 aromatic rings. The fourth-order valence-electron chi connectivity index (χ4n) is 8.22. The lowest BCUT2D eigenvalue weighted by Crippen LogP contribution is -2.45. The van der Waals surface area contributed by atoms with E-state index in [1.807, 2.05) is 6.08 Å². The molecular formula is C53H103NO5. The van der Waals surface area contributed by atoms with Gasteiger partial charge < -0.3 is 20.3 Å². The molecule has 6 heteroatoms. The number of hydrogen-bond acceptors (Lipinski definition) is 5. The van der Waals surface area contributed by atoms with Crippen molar-refractivity contribution in [2.24, 2.45) is 0 Å². The first-order chi connectivity index (χ1) is 29.0. The largest absolute Gasteiger partial charge is 0.466 e. The summed E-state index contributed by atoms with van der Waals surface area (Å²) in [6.45, 7) is 4.89. The van der Waals surface area contributed by atoms with E-state index in [1.54, 1.807) is 6.08 Å². The van der Waals surface area contributed by atoms with Crippen LogP contribution in [0.1, 0.15) is 290 Å². The molecule has 0 radical (unpaired) electrons. The van der Waals surface area contributed by atoms with Crippen molar-refractivity contribution in [3.05, 3.63) is 12.2 Å². The van der Waals surface area contributed by atoms with E-state index >= 15 is 0 Å². The maximum absolute atomic E-state index is 12.4. The summed E-state index contributed by atoms with van der Waals surface area (Å²) in [6.07, 6.45) is 56.4. The van der Waals surface area contributed by atoms with Gasteiger partial charge in [0.15, 0.2) is 0 Å². The second kappa shape index (κ2) is 49.3. The summed E-state index contributed by atoms with van der Waals surface area (Å²) in [5, 5.41) is 23.1. The van der Waals surface area contributed by atoms with Crippen molar-refractivity contribution in [2.75, 3.05) is 13.2 Å². The van der Waals surface area contributed by atoms with Crippen LogP contribution in [0, 0.1) is 0 Å². The van der Waals surface area contributed by atoms with Crippen LogP contribution in [-0.2, 0) is 14.3 Å². The van der Waals surface area contributed by atoms with Crippen LogP contribution in [0.15, 0.2) is 12.2 Å². The second-order valence-electron chi connectivity index (χ2n) is 18.2. The van der Waals surface area contributed by atoms with Gasteiger partial charge in [-0.1, -0.05) is 257 Å². The minimum atomic E-state index is -0.851. The van der Waals surface area contributed by atoms with Crippen LogP contribution in [0.2, 0.25) is 0 Å². The van der Waals surface area contributed by atoms with Crippen molar-refractivity contribution >= 4 is 11.9 Å². The SMILES string of the molecule is CCCCCCCCCCCCCCCC/C=C/C(O)C(CO)NC(=O)CCCCCCCCCCCCCCCOC(=O)CCCCCCCCCCCCCCC. The number of allylic oxidation sites excluding steroid dienone is 1. The van der Waals surface area contributed by atoms with Gasteiger partial charge in [-0.2, -0.15) is 0 Å². The number of amides is 1. The minimum Gasteiger partial charge on any atom is -0.466 e. The van der Waals surface area contributed by atoms with Gasteiger partial charge >= 0.3 is 5.97 Å². The molecule has 6 nitrogen and oxygen atoms in total. The monoisotopic (exact) mass is 834 g/mol. The summed E-state index contributed by atoms with van der Waals surface area (Å²) < 4.78 is 5.46. The summed E-state index contributed by atoms with van der Waals surface area (Å²) in [6, 6.07) is -0.636. The molecule has 0 aliphatic heterocycles. The Morgan fingerprint density at radius 1 is 0.458 bits per heavy atom. The highest BCUT2D eigenvalue weighted by Crippen LogP contribution is 2.16. The Morgan fingerprint density at radius 2 is 0.780 bits per heavy atom. The smallest absolute Gasteiger partial charge is 0.305 e.